The van der Waals surface area contributed by atoms with Crippen molar-refractivity contribution >= 4 is 27.5 Å². The first-order valence-electron chi connectivity index (χ1n) is 7.35. The molecule has 1 unspecified atom stereocenters. The summed E-state index contributed by atoms with van der Waals surface area (Å²) in [7, 11) is 0. The second-order valence-corrected chi connectivity index (χ2v) is 6.06. The molecule has 3 rings (SSSR count). The Morgan fingerprint density at radius 1 is 1.43 bits per heavy atom. The summed E-state index contributed by atoms with van der Waals surface area (Å²) in [6, 6.07) is 1.60. The lowest BCUT2D eigenvalue weighted by Gasteiger charge is -2.12. The van der Waals surface area contributed by atoms with Crippen molar-refractivity contribution in [1.29, 1.82) is 0 Å². The first-order chi connectivity index (χ1) is 11.0. The Labute approximate surface area is 141 Å². The van der Waals surface area contributed by atoms with Gasteiger partial charge in [-0.3, -0.25) is 9.48 Å². The summed E-state index contributed by atoms with van der Waals surface area (Å²) in [5.41, 5.74) is 2.84. The Hall–Kier alpha value is -2.22. The van der Waals surface area contributed by atoms with Gasteiger partial charge in [0.1, 0.15) is 0 Å². The van der Waals surface area contributed by atoms with Gasteiger partial charge in [0.2, 0.25) is 0 Å². The van der Waals surface area contributed by atoms with E-state index < -0.39 is 0 Å². The normalized spacial score (nSPS) is 12.5. The van der Waals surface area contributed by atoms with Crippen LogP contribution in [-0.4, -0.2) is 30.3 Å². The number of hydrogen-bond acceptors (Lipinski definition) is 4. The van der Waals surface area contributed by atoms with Crippen LogP contribution in [0.1, 0.15) is 41.6 Å². The molecular weight excluding hydrogens is 360 g/mol. The van der Waals surface area contributed by atoms with Crippen molar-refractivity contribution in [3.63, 3.8) is 0 Å². The van der Waals surface area contributed by atoms with E-state index in [1.807, 2.05) is 31.6 Å². The standard InChI is InChI=1S/C15H17BrN6O/c1-4-21-8-11(10(3)19-21)9(2)18-15(23)13-12(16)14-17-6-5-7-22(14)20-13/h5-9H,4H2,1-3H3,(H,18,23). The number of amides is 1. The minimum Gasteiger partial charge on any atom is -0.344 e. The van der Waals surface area contributed by atoms with E-state index in [1.54, 1.807) is 23.0 Å². The predicted octanol–water partition coefficient (Wildman–Crippen LogP) is 2.51. The average Bonchev–Trinajstić information content (AvgIpc) is 3.08. The molecule has 0 fully saturated rings. The number of carbonyl (C=O) groups excluding carboxylic acids is 1. The second kappa shape index (κ2) is 6.11. The van der Waals surface area contributed by atoms with Crippen LogP contribution in [-0.2, 0) is 6.54 Å². The zero-order valence-electron chi connectivity index (χ0n) is 13.1. The fourth-order valence-corrected chi connectivity index (χ4v) is 3.01. The lowest BCUT2D eigenvalue weighted by atomic mass is 10.1. The molecule has 0 aliphatic carbocycles. The number of nitrogens with one attached hydrogen (secondary N) is 1. The molecule has 0 aliphatic heterocycles. The molecule has 0 aliphatic rings. The highest BCUT2D eigenvalue weighted by atomic mass is 79.9. The third-order valence-electron chi connectivity index (χ3n) is 3.68. The van der Waals surface area contributed by atoms with Crippen LogP contribution in [0.4, 0.5) is 0 Å². The molecule has 0 aromatic carbocycles. The molecule has 3 aromatic heterocycles. The van der Waals surface area contributed by atoms with Gasteiger partial charge in [-0.1, -0.05) is 0 Å². The molecule has 0 spiro atoms. The van der Waals surface area contributed by atoms with Crippen molar-refractivity contribution in [2.24, 2.45) is 0 Å². The van der Waals surface area contributed by atoms with Crippen LogP contribution in [0.2, 0.25) is 0 Å². The smallest absolute Gasteiger partial charge is 0.273 e. The molecule has 1 amide bonds. The summed E-state index contributed by atoms with van der Waals surface area (Å²) < 4.78 is 4.02. The van der Waals surface area contributed by atoms with Gasteiger partial charge in [-0.05, 0) is 42.8 Å². The average molecular weight is 377 g/mol. The molecule has 0 saturated heterocycles. The van der Waals surface area contributed by atoms with Crippen molar-refractivity contribution in [3.8, 4) is 0 Å². The minimum absolute atomic E-state index is 0.160. The highest BCUT2D eigenvalue weighted by molar-refractivity contribution is 9.10. The van der Waals surface area contributed by atoms with Gasteiger partial charge in [0.05, 0.1) is 16.2 Å². The molecular formula is C15H17BrN6O. The van der Waals surface area contributed by atoms with Crippen LogP contribution >= 0.6 is 15.9 Å². The van der Waals surface area contributed by atoms with E-state index in [2.05, 4.69) is 36.4 Å². The molecule has 1 N–H and O–H groups in total. The maximum atomic E-state index is 12.5. The van der Waals surface area contributed by atoms with Crippen molar-refractivity contribution in [2.75, 3.05) is 0 Å². The topological polar surface area (TPSA) is 77.1 Å². The molecule has 23 heavy (non-hydrogen) atoms. The fraction of sp³-hybridized carbons (Fsp3) is 0.333. The SMILES string of the molecule is CCn1cc(C(C)NC(=O)c2nn3cccnc3c2Br)c(C)n1. The minimum atomic E-state index is -0.251. The summed E-state index contributed by atoms with van der Waals surface area (Å²) >= 11 is 3.41. The molecule has 0 bridgehead atoms. The van der Waals surface area contributed by atoms with Crippen LogP contribution in [0.5, 0.6) is 0 Å². The van der Waals surface area contributed by atoms with E-state index in [4.69, 9.17) is 0 Å². The largest absolute Gasteiger partial charge is 0.344 e. The van der Waals surface area contributed by atoms with Gasteiger partial charge in [-0.2, -0.15) is 10.2 Å². The lowest BCUT2D eigenvalue weighted by Crippen LogP contribution is -2.27. The fourth-order valence-electron chi connectivity index (χ4n) is 2.47. The third kappa shape index (κ3) is 2.86. The van der Waals surface area contributed by atoms with Gasteiger partial charge in [-0.15, -0.1) is 0 Å². The van der Waals surface area contributed by atoms with Gasteiger partial charge >= 0.3 is 0 Å². The summed E-state index contributed by atoms with van der Waals surface area (Å²) in [4.78, 5) is 16.7. The van der Waals surface area contributed by atoms with E-state index in [9.17, 15) is 4.79 Å². The van der Waals surface area contributed by atoms with Crippen LogP contribution < -0.4 is 5.32 Å². The Balaban J connectivity index is 1.85. The van der Waals surface area contributed by atoms with Crippen LogP contribution in [0.15, 0.2) is 29.1 Å². The monoisotopic (exact) mass is 376 g/mol. The van der Waals surface area contributed by atoms with Crippen LogP contribution in [0.3, 0.4) is 0 Å². The van der Waals surface area contributed by atoms with Gasteiger partial charge in [0.25, 0.3) is 5.91 Å². The summed E-state index contributed by atoms with van der Waals surface area (Å²) in [5.74, 6) is -0.251. The number of aromatic nitrogens is 5. The number of carbonyl (C=O) groups is 1. The Morgan fingerprint density at radius 2 is 2.22 bits per heavy atom. The first-order valence-corrected chi connectivity index (χ1v) is 8.14. The summed E-state index contributed by atoms with van der Waals surface area (Å²) in [5, 5.41) is 11.7. The van der Waals surface area contributed by atoms with Crippen molar-refractivity contribution < 1.29 is 4.79 Å². The van der Waals surface area contributed by atoms with Crippen molar-refractivity contribution in [3.05, 3.63) is 46.1 Å². The number of nitrogens with zero attached hydrogens (tertiary/aromatic N) is 5. The van der Waals surface area contributed by atoms with E-state index in [-0.39, 0.29) is 11.9 Å². The summed E-state index contributed by atoms with van der Waals surface area (Å²) in [6.07, 6.45) is 5.37. The first kappa shape index (κ1) is 15.7. The number of halogens is 1. The number of rotatable bonds is 4. The van der Waals surface area contributed by atoms with Gasteiger partial charge in [-0.25, -0.2) is 9.50 Å². The predicted molar refractivity (Wildman–Crippen MR) is 89.2 cm³/mol. The zero-order valence-corrected chi connectivity index (χ0v) is 14.7. The highest BCUT2D eigenvalue weighted by Crippen LogP contribution is 2.22. The Kier molecular flexibility index (Phi) is 4.16. The van der Waals surface area contributed by atoms with E-state index in [0.29, 0.717) is 15.8 Å². The maximum absolute atomic E-state index is 12.5. The zero-order chi connectivity index (χ0) is 16.6. The quantitative estimate of drug-likeness (QED) is 0.758. The Morgan fingerprint density at radius 3 is 2.87 bits per heavy atom. The molecule has 0 saturated carbocycles. The molecule has 3 heterocycles. The number of fused-ring (bicyclic) bond motifs is 1. The van der Waals surface area contributed by atoms with Gasteiger partial charge in [0.15, 0.2) is 11.3 Å². The van der Waals surface area contributed by atoms with Crippen LogP contribution in [0.25, 0.3) is 5.65 Å². The van der Waals surface area contributed by atoms with E-state index >= 15 is 0 Å². The molecule has 3 aromatic rings. The van der Waals surface area contributed by atoms with E-state index in [0.717, 1.165) is 17.8 Å². The third-order valence-corrected chi connectivity index (χ3v) is 4.41. The molecule has 0 radical (unpaired) electrons. The van der Waals surface area contributed by atoms with Gasteiger partial charge in [0, 0.05) is 30.7 Å². The molecule has 120 valence electrons. The van der Waals surface area contributed by atoms with Crippen molar-refractivity contribution in [1.82, 2.24) is 29.7 Å². The number of aryl methyl sites for hydroxylation is 2. The van der Waals surface area contributed by atoms with Gasteiger partial charge < -0.3 is 5.32 Å². The summed E-state index contributed by atoms with van der Waals surface area (Å²) in [6.45, 7) is 6.70. The molecule has 1 atom stereocenters. The van der Waals surface area contributed by atoms with E-state index in [1.165, 1.54) is 0 Å². The Bertz CT molecular complexity index is 868. The molecule has 7 nitrogen and oxygen atoms in total. The highest BCUT2D eigenvalue weighted by Gasteiger charge is 2.21. The lowest BCUT2D eigenvalue weighted by molar-refractivity contribution is 0.0933. The van der Waals surface area contributed by atoms with Crippen LogP contribution in [0, 0.1) is 6.92 Å². The van der Waals surface area contributed by atoms with Crippen molar-refractivity contribution in [2.45, 2.75) is 33.4 Å². The molecule has 8 heteroatoms. The number of hydrogen-bond donors (Lipinski definition) is 1. The maximum Gasteiger partial charge on any atom is 0.273 e. The second-order valence-electron chi connectivity index (χ2n) is 5.27.